The summed E-state index contributed by atoms with van der Waals surface area (Å²) in [5.41, 5.74) is 0. The van der Waals surface area contributed by atoms with Crippen LogP contribution in [0.5, 0.6) is 0 Å². The molecule has 0 spiro atoms. The Hall–Kier alpha value is -3.06. The number of carboxylic acids is 2. The van der Waals surface area contributed by atoms with Crippen LogP contribution in [0.4, 0.5) is 0 Å². The molecule has 0 saturated heterocycles. The molecule has 290 valence electrons. The minimum Gasteiger partial charge on any atom is -0.481 e. The maximum absolute atomic E-state index is 12.0. The van der Waals surface area contributed by atoms with E-state index in [1.807, 2.05) is 0 Å². The topological polar surface area (TPSA) is 197 Å². The number of carboxylic acid groups (broad SMARTS) is 2. The molecule has 0 fully saturated rings. The number of rotatable bonds is 37. The van der Waals surface area contributed by atoms with Crippen LogP contribution in [0.1, 0.15) is 155 Å². The van der Waals surface area contributed by atoms with Crippen LogP contribution in [0, 0.1) is 0 Å². The first-order chi connectivity index (χ1) is 24.1. The summed E-state index contributed by atoms with van der Waals surface area (Å²) in [6.45, 7) is 3.58. The average molecular weight is 714 g/mol. The third-order valence-electron chi connectivity index (χ3n) is 8.28. The van der Waals surface area contributed by atoms with Crippen LogP contribution < -0.4 is 16.0 Å². The van der Waals surface area contributed by atoms with Crippen LogP contribution in [0.25, 0.3) is 0 Å². The number of hydrogen-bond donors (Lipinski definition) is 5. The van der Waals surface area contributed by atoms with Crippen molar-refractivity contribution in [2.24, 2.45) is 0 Å². The summed E-state index contributed by atoms with van der Waals surface area (Å²) in [6, 6.07) is -1.12. The van der Waals surface area contributed by atoms with Crippen molar-refractivity contribution in [3.63, 3.8) is 0 Å². The molecule has 0 aromatic carbocycles. The molecule has 50 heavy (non-hydrogen) atoms. The molecule has 0 bridgehead atoms. The van der Waals surface area contributed by atoms with Crippen LogP contribution in [-0.2, 0) is 38.2 Å². The second-order valence-electron chi connectivity index (χ2n) is 13.0. The lowest BCUT2D eigenvalue weighted by Gasteiger charge is -2.13. The van der Waals surface area contributed by atoms with Crippen LogP contribution in [-0.4, -0.2) is 91.2 Å². The fourth-order valence-corrected chi connectivity index (χ4v) is 5.34. The van der Waals surface area contributed by atoms with E-state index in [1.165, 1.54) is 77.6 Å². The zero-order valence-corrected chi connectivity index (χ0v) is 30.7. The standard InChI is InChI=1S/C37H67N3O10/c1-31(41)23-24-32(37(47)48)40-35(44)21-18-20-34(43)39-26-28-50-30-29-49-27-25-38-33(42)19-16-14-12-10-8-6-4-2-3-5-7-9-11-13-15-17-22-36(45)46/h32H,2-30H2,1H3,(H,38,42)(H,39,43)(H,40,44)(H,45,46)(H,47,48)/t32-/m0/s1. The van der Waals surface area contributed by atoms with Gasteiger partial charge in [-0.25, -0.2) is 4.79 Å². The van der Waals surface area contributed by atoms with Gasteiger partial charge in [0.1, 0.15) is 11.8 Å². The van der Waals surface area contributed by atoms with Crippen molar-refractivity contribution in [3.05, 3.63) is 0 Å². The number of hydrogen-bond acceptors (Lipinski definition) is 8. The van der Waals surface area contributed by atoms with Gasteiger partial charge in [-0.3, -0.25) is 19.2 Å². The molecule has 0 aliphatic carbocycles. The molecule has 0 unspecified atom stereocenters. The largest absolute Gasteiger partial charge is 0.481 e. The summed E-state index contributed by atoms with van der Waals surface area (Å²) in [5, 5.41) is 25.7. The Kier molecular flexibility index (Phi) is 32.3. The lowest BCUT2D eigenvalue weighted by Crippen LogP contribution is -2.41. The van der Waals surface area contributed by atoms with Crippen molar-refractivity contribution in [2.45, 2.75) is 161 Å². The molecular weight excluding hydrogens is 646 g/mol. The summed E-state index contributed by atoms with van der Waals surface area (Å²) < 4.78 is 10.9. The normalized spacial score (nSPS) is 11.5. The third kappa shape index (κ3) is 34.8. The van der Waals surface area contributed by atoms with E-state index in [1.54, 1.807) is 0 Å². The highest BCUT2D eigenvalue weighted by molar-refractivity contribution is 5.85. The number of ketones is 1. The lowest BCUT2D eigenvalue weighted by molar-refractivity contribution is -0.142. The van der Waals surface area contributed by atoms with E-state index in [9.17, 15) is 28.8 Å². The SMILES string of the molecule is CC(=O)CC[C@H](NC(=O)CCCC(=O)NCCOCCOCCNC(=O)CCCCCCCCCCCCCCCCCCC(=O)O)C(=O)O. The predicted molar refractivity (Wildman–Crippen MR) is 192 cm³/mol. The van der Waals surface area contributed by atoms with E-state index < -0.39 is 23.9 Å². The number of aliphatic carboxylic acids is 2. The van der Waals surface area contributed by atoms with Crippen molar-refractivity contribution < 1.29 is 48.5 Å². The molecule has 0 saturated carbocycles. The molecule has 5 N–H and O–H groups in total. The number of carbonyl (C=O) groups is 6. The molecule has 0 heterocycles. The number of amides is 3. The van der Waals surface area contributed by atoms with Crippen molar-refractivity contribution in [2.75, 3.05) is 39.5 Å². The Morgan fingerprint density at radius 2 is 0.860 bits per heavy atom. The number of carbonyl (C=O) groups excluding carboxylic acids is 4. The first kappa shape index (κ1) is 46.9. The molecule has 0 aliphatic rings. The van der Waals surface area contributed by atoms with Crippen LogP contribution in [0.3, 0.4) is 0 Å². The van der Waals surface area contributed by atoms with Gasteiger partial charge in [0.25, 0.3) is 0 Å². The lowest BCUT2D eigenvalue weighted by atomic mass is 10.0. The van der Waals surface area contributed by atoms with Crippen LogP contribution in [0.2, 0.25) is 0 Å². The van der Waals surface area contributed by atoms with Gasteiger partial charge in [0.2, 0.25) is 17.7 Å². The number of ether oxygens (including phenoxy) is 2. The van der Waals surface area contributed by atoms with Crippen molar-refractivity contribution >= 4 is 35.4 Å². The molecule has 3 amide bonds. The van der Waals surface area contributed by atoms with E-state index in [-0.39, 0.29) is 49.7 Å². The fraction of sp³-hybridized carbons (Fsp3) is 0.838. The Morgan fingerprint density at radius 3 is 1.26 bits per heavy atom. The van der Waals surface area contributed by atoms with Gasteiger partial charge in [-0.15, -0.1) is 0 Å². The number of unbranched alkanes of at least 4 members (excludes halogenated alkanes) is 15. The average Bonchev–Trinajstić information content (AvgIpc) is 3.06. The summed E-state index contributed by atoms with van der Waals surface area (Å²) in [6.07, 6.45) is 20.3. The van der Waals surface area contributed by atoms with Gasteiger partial charge in [0, 0.05) is 45.2 Å². The van der Waals surface area contributed by atoms with E-state index >= 15 is 0 Å². The second kappa shape index (κ2) is 34.4. The first-order valence-electron chi connectivity index (χ1n) is 19.0. The Balaban J connectivity index is 3.42. The Labute approximate surface area is 299 Å². The predicted octanol–water partition coefficient (Wildman–Crippen LogP) is 5.47. The van der Waals surface area contributed by atoms with Crippen molar-refractivity contribution in [1.82, 2.24) is 16.0 Å². The maximum Gasteiger partial charge on any atom is 0.326 e. The zero-order chi connectivity index (χ0) is 37.1. The van der Waals surface area contributed by atoms with E-state index in [0.717, 1.165) is 32.1 Å². The van der Waals surface area contributed by atoms with Crippen LogP contribution >= 0.6 is 0 Å². The number of nitrogens with one attached hydrogen (secondary N) is 3. The van der Waals surface area contributed by atoms with Crippen LogP contribution in [0.15, 0.2) is 0 Å². The molecule has 13 nitrogen and oxygen atoms in total. The van der Waals surface area contributed by atoms with Gasteiger partial charge >= 0.3 is 11.9 Å². The third-order valence-corrected chi connectivity index (χ3v) is 8.28. The highest BCUT2D eigenvalue weighted by Gasteiger charge is 2.20. The van der Waals surface area contributed by atoms with Crippen molar-refractivity contribution in [3.8, 4) is 0 Å². The Bertz CT molecular complexity index is 931. The van der Waals surface area contributed by atoms with E-state index in [4.69, 9.17) is 19.7 Å². The molecule has 1 atom stereocenters. The highest BCUT2D eigenvalue weighted by Crippen LogP contribution is 2.14. The molecule has 0 rings (SSSR count). The molecule has 0 aliphatic heterocycles. The maximum atomic E-state index is 12.0. The molecular formula is C37H67N3O10. The van der Waals surface area contributed by atoms with Gasteiger partial charge in [-0.2, -0.15) is 0 Å². The molecule has 0 radical (unpaired) electrons. The number of Topliss-reactive ketones (excluding diaryl/α,β-unsaturated/α-hetero) is 1. The van der Waals surface area contributed by atoms with Gasteiger partial charge in [0.05, 0.1) is 26.4 Å². The van der Waals surface area contributed by atoms with Gasteiger partial charge in [0.15, 0.2) is 0 Å². The summed E-state index contributed by atoms with van der Waals surface area (Å²) in [5.74, 6) is -2.69. The quantitative estimate of drug-likeness (QED) is 0.0515. The summed E-state index contributed by atoms with van der Waals surface area (Å²) in [4.78, 5) is 68.6. The summed E-state index contributed by atoms with van der Waals surface area (Å²) >= 11 is 0. The van der Waals surface area contributed by atoms with Gasteiger partial charge < -0.3 is 40.4 Å². The monoisotopic (exact) mass is 713 g/mol. The molecule has 13 heteroatoms. The minimum atomic E-state index is -1.20. The minimum absolute atomic E-state index is 0.0111. The van der Waals surface area contributed by atoms with Crippen molar-refractivity contribution in [1.29, 1.82) is 0 Å². The van der Waals surface area contributed by atoms with Gasteiger partial charge in [-0.05, 0) is 32.6 Å². The first-order valence-corrected chi connectivity index (χ1v) is 19.0. The Morgan fingerprint density at radius 1 is 0.480 bits per heavy atom. The highest BCUT2D eigenvalue weighted by atomic mass is 16.5. The van der Waals surface area contributed by atoms with E-state index in [2.05, 4.69) is 16.0 Å². The second-order valence-corrected chi connectivity index (χ2v) is 13.0. The van der Waals surface area contributed by atoms with E-state index in [0.29, 0.717) is 52.4 Å². The molecule has 0 aromatic heterocycles. The summed E-state index contributed by atoms with van der Waals surface area (Å²) in [7, 11) is 0. The fourth-order valence-electron chi connectivity index (χ4n) is 5.34. The smallest absolute Gasteiger partial charge is 0.326 e. The van der Waals surface area contributed by atoms with Gasteiger partial charge in [-0.1, -0.05) is 89.9 Å². The zero-order valence-electron chi connectivity index (χ0n) is 30.7. The molecule has 0 aromatic rings.